The molecule has 21 heavy (non-hydrogen) atoms. The molecule has 0 aliphatic carbocycles. The lowest BCUT2D eigenvalue weighted by Crippen LogP contribution is -2.29. The van der Waals surface area contributed by atoms with Crippen molar-refractivity contribution in [3.05, 3.63) is 28.8 Å². The zero-order chi connectivity index (χ0) is 15.8. The summed E-state index contributed by atoms with van der Waals surface area (Å²) in [5, 5.41) is 4.34. The second-order valence-corrected chi connectivity index (χ2v) is 7.02. The van der Waals surface area contributed by atoms with Crippen LogP contribution in [0.2, 0.25) is 5.02 Å². The molecule has 4 heteroatoms. The van der Waals surface area contributed by atoms with Crippen molar-refractivity contribution in [2.75, 3.05) is 30.5 Å². The summed E-state index contributed by atoms with van der Waals surface area (Å²) in [6.07, 6.45) is 4.47. The van der Waals surface area contributed by atoms with Gasteiger partial charge in [-0.1, -0.05) is 24.6 Å². The standard InChI is InChI=1S/C17H29ClN2S/c1-6-10-19-14(3)15-7-8-17(16(18)12-15)20(4)13(2)9-11-21-5/h7-8,12-14,19H,6,9-11H2,1-5H3. The van der Waals surface area contributed by atoms with Crippen molar-refractivity contribution in [1.82, 2.24) is 5.32 Å². The highest BCUT2D eigenvalue weighted by molar-refractivity contribution is 7.98. The van der Waals surface area contributed by atoms with Crippen molar-refractivity contribution in [2.24, 2.45) is 0 Å². The molecule has 1 rings (SSSR count). The summed E-state index contributed by atoms with van der Waals surface area (Å²) >= 11 is 8.40. The van der Waals surface area contributed by atoms with Crippen LogP contribution < -0.4 is 10.2 Å². The van der Waals surface area contributed by atoms with Crippen LogP contribution in [0.4, 0.5) is 5.69 Å². The van der Waals surface area contributed by atoms with E-state index in [1.807, 2.05) is 11.8 Å². The first-order valence-corrected chi connectivity index (χ1v) is 9.53. The van der Waals surface area contributed by atoms with Gasteiger partial charge in [-0.2, -0.15) is 11.8 Å². The Balaban J connectivity index is 2.77. The molecule has 0 fully saturated rings. The molecule has 0 amide bonds. The molecule has 0 radical (unpaired) electrons. The third kappa shape index (κ3) is 5.72. The Kier molecular flexibility index (Phi) is 8.53. The number of halogens is 1. The summed E-state index contributed by atoms with van der Waals surface area (Å²) in [6, 6.07) is 7.28. The first kappa shape index (κ1) is 18.7. The van der Waals surface area contributed by atoms with Crippen molar-refractivity contribution in [3.8, 4) is 0 Å². The molecule has 2 unspecified atom stereocenters. The van der Waals surface area contributed by atoms with Crippen molar-refractivity contribution in [3.63, 3.8) is 0 Å². The van der Waals surface area contributed by atoms with Gasteiger partial charge >= 0.3 is 0 Å². The van der Waals surface area contributed by atoms with Crippen molar-refractivity contribution in [1.29, 1.82) is 0 Å². The molecule has 0 aromatic heterocycles. The van der Waals surface area contributed by atoms with E-state index in [1.165, 1.54) is 17.7 Å². The molecule has 120 valence electrons. The van der Waals surface area contributed by atoms with Crippen LogP contribution in [-0.4, -0.2) is 31.6 Å². The monoisotopic (exact) mass is 328 g/mol. The number of hydrogen-bond acceptors (Lipinski definition) is 3. The van der Waals surface area contributed by atoms with E-state index in [1.54, 1.807) is 0 Å². The Bertz CT molecular complexity index is 425. The number of hydrogen-bond donors (Lipinski definition) is 1. The first-order chi connectivity index (χ1) is 10.0. The third-order valence-corrected chi connectivity index (χ3v) is 4.90. The minimum atomic E-state index is 0.343. The molecule has 0 saturated heterocycles. The van der Waals surface area contributed by atoms with E-state index in [0.717, 1.165) is 23.7 Å². The zero-order valence-corrected chi connectivity index (χ0v) is 15.5. The highest BCUT2D eigenvalue weighted by Crippen LogP contribution is 2.30. The van der Waals surface area contributed by atoms with Crippen LogP contribution in [0, 0.1) is 0 Å². The van der Waals surface area contributed by atoms with Gasteiger partial charge in [-0.15, -0.1) is 0 Å². The fraction of sp³-hybridized carbons (Fsp3) is 0.647. The van der Waals surface area contributed by atoms with E-state index in [9.17, 15) is 0 Å². The van der Waals surface area contributed by atoms with Gasteiger partial charge in [0, 0.05) is 19.1 Å². The molecule has 1 N–H and O–H groups in total. The number of nitrogens with one attached hydrogen (secondary N) is 1. The van der Waals surface area contributed by atoms with Gasteiger partial charge in [0.15, 0.2) is 0 Å². The molecule has 2 atom stereocenters. The van der Waals surface area contributed by atoms with Gasteiger partial charge in [-0.3, -0.25) is 0 Å². The quantitative estimate of drug-likeness (QED) is 0.688. The smallest absolute Gasteiger partial charge is 0.0642 e. The highest BCUT2D eigenvalue weighted by atomic mass is 35.5. The van der Waals surface area contributed by atoms with Gasteiger partial charge in [-0.25, -0.2) is 0 Å². The number of benzene rings is 1. The lowest BCUT2D eigenvalue weighted by molar-refractivity contribution is 0.570. The molecule has 0 heterocycles. The summed E-state index contributed by atoms with van der Waals surface area (Å²) in [5.74, 6) is 1.18. The molecule has 0 bridgehead atoms. The summed E-state index contributed by atoms with van der Waals surface area (Å²) in [4.78, 5) is 2.28. The number of rotatable bonds is 9. The average Bonchev–Trinajstić information content (AvgIpc) is 2.49. The van der Waals surface area contributed by atoms with E-state index in [-0.39, 0.29) is 0 Å². The Morgan fingerprint density at radius 3 is 2.62 bits per heavy atom. The van der Waals surface area contributed by atoms with Crippen molar-refractivity contribution >= 4 is 29.1 Å². The van der Waals surface area contributed by atoms with E-state index in [4.69, 9.17) is 11.6 Å². The van der Waals surface area contributed by atoms with Crippen LogP contribution in [0.25, 0.3) is 0 Å². The normalized spacial score (nSPS) is 14.0. The van der Waals surface area contributed by atoms with Crippen LogP contribution in [0.3, 0.4) is 0 Å². The average molecular weight is 329 g/mol. The van der Waals surface area contributed by atoms with Gasteiger partial charge in [-0.05, 0) is 62.9 Å². The van der Waals surface area contributed by atoms with Gasteiger partial charge in [0.1, 0.15) is 0 Å². The van der Waals surface area contributed by atoms with Crippen molar-refractivity contribution < 1.29 is 0 Å². The molecule has 2 nitrogen and oxygen atoms in total. The molecule has 0 aliphatic rings. The second kappa shape index (κ2) is 9.60. The van der Waals surface area contributed by atoms with E-state index in [2.05, 4.69) is 62.5 Å². The molecule has 0 aliphatic heterocycles. The Morgan fingerprint density at radius 2 is 2.05 bits per heavy atom. The summed E-state index contributed by atoms with van der Waals surface area (Å²) in [5.41, 5.74) is 2.37. The van der Waals surface area contributed by atoms with Crippen LogP contribution in [-0.2, 0) is 0 Å². The zero-order valence-electron chi connectivity index (χ0n) is 13.9. The fourth-order valence-corrected chi connectivity index (χ4v) is 3.18. The summed E-state index contributed by atoms with van der Waals surface area (Å²) in [7, 11) is 2.13. The molecular formula is C17H29ClN2S. The van der Waals surface area contributed by atoms with Crippen LogP contribution in [0.5, 0.6) is 0 Å². The predicted molar refractivity (Wildman–Crippen MR) is 99.0 cm³/mol. The van der Waals surface area contributed by atoms with Crippen LogP contribution in [0.15, 0.2) is 18.2 Å². The SMILES string of the molecule is CCCNC(C)c1ccc(N(C)C(C)CCSC)c(Cl)c1. The van der Waals surface area contributed by atoms with Gasteiger partial charge in [0.2, 0.25) is 0 Å². The van der Waals surface area contributed by atoms with E-state index < -0.39 is 0 Å². The van der Waals surface area contributed by atoms with Crippen LogP contribution >= 0.6 is 23.4 Å². The Morgan fingerprint density at radius 1 is 1.33 bits per heavy atom. The molecule has 1 aromatic rings. The fourth-order valence-electron chi connectivity index (χ4n) is 2.28. The van der Waals surface area contributed by atoms with Gasteiger partial charge in [0.05, 0.1) is 10.7 Å². The summed E-state index contributed by atoms with van der Waals surface area (Å²) < 4.78 is 0. The Hall–Kier alpha value is -0.380. The maximum absolute atomic E-state index is 6.51. The number of anilines is 1. The molecule has 1 aromatic carbocycles. The minimum absolute atomic E-state index is 0.343. The predicted octanol–water partition coefficient (Wildman–Crippen LogP) is 4.98. The van der Waals surface area contributed by atoms with Gasteiger partial charge < -0.3 is 10.2 Å². The Labute approximate surface area is 139 Å². The molecule has 0 saturated carbocycles. The maximum atomic E-state index is 6.51. The number of nitrogens with zero attached hydrogens (tertiary/aromatic N) is 1. The molecular weight excluding hydrogens is 300 g/mol. The van der Waals surface area contributed by atoms with E-state index >= 15 is 0 Å². The number of thioether (sulfide) groups is 1. The van der Waals surface area contributed by atoms with Crippen LogP contribution in [0.1, 0.15) is 45.2 Å². The summed E-state index contributed by atoms with van der Waals surface area (Å²) in [6.45, 7) is 7.66. The van der Waals surface area contributed by atoms with Crippen molar-refractivity contribution in [2.45, 2.75) is 45.7 Å². The first-order valence-electron chi connectivity index (χ1n) is 7.75. The maximum Gasteiger partial charge on any atom is 0.0642 e. The minimum Gasteiger partial charge on any atom is -0.371 e. The second-order valence-electron chi connectivity index (χ2n) is 5.63. The van der Waals surface area contributed by atoms with Gasteiger partial charge in [0.25, 0.3) is 0 Å². The molecule has 0 spiro atoms. The lowest BCUT2D eigenvalue weighted by atomic mass is 10.1. The highest BCUT2D eigenvalue weighted by Gasteiger charge is 2.14. The largest absolute Gasteiger partial charge is 0.371 e. The third-order valence-electron chi connectivity index (χ3n) is 3.95. The lowest BCUT2D eigenvalue weighted by Gasteiger charge is -2.28. The topological polar surface area (TPSA) is 15.3 Å². The van der Waals surface area contributed by atoms with E-state index in [0.29, 0.717) is 12.1 Å².